The van der Waals surface area contributed by atoms with Crippen molar-refractivity contribution in [1.82, 2.24) is 4.90 Å². The highest BCUT2D eigenvalue weighted by Crippen LogP contribution is 2.15. The quantitative estimate of drug-likeness (QED) is 0.825. The van der Waals surface area contributed by atoms with Crippen LogP contribution in [0, 0.1) is 6.92 Å². The summed E-state index contributed by atoms with van der Waals surface area (Å²) in [7, 11) is 1.74. The molecule has 0 spiro atoms. The van der Waals surface area contributed by atoms with Crippen LogP contribution in [0.1, 0.15) is 18.9 Å². The van der Waals surface area contributed by atoms with E-state index in [2.05, 4.69) is 0 Å². The molecule has 1 aromatic rings. The molecule has 1 N–H and O–H groups in total. The number of benzene rings is 1. The van der Waals surface area contributed by atoms with Gasteiger partial charge in [0.05, 0.1) is 13.0 Å². The van der Waals surface area contributed by atoms with E-state index in [4.69, 9.17) is 5.11 Å². The molecule has 0 atom stereocenters. The van der Waals surface area contributed by atoms with Crippen LogP contribution in [0.25, 0.3) is 0 Å². The molecule has 0 fully saturated rings. The summed E-state index contributed by atoms with van der Waals surface area (Å²) in [6, 6.07) is 7.74. The van der Waals surface area contributed by atoms with E-state index < -0.39 is 5.97 Å². The van der Waals surface area contributed by atoms with Gasteiger partial charge < -0.3 is 14.9 Å². The van der Waals surface area contributed by atoms with Crippen molar-refractivity contribution in [2.24, 2.45) is 0 Å². The maximum Gasteiger partial charge on any atom is 0.305 e. The van der Waals surface area contributed by atoms with Crippen molar-refractivity contribution < 1.29 is 14.7 Å². The first kappa shape index (κ1) is 16.0. The third-order valence-electron chi connectivity index (χ3n) is 3.22. The zero-order valence-electron chi connectivity index (χ0n) is 12.3. The molecule has 1 amide bonds. The molecular weight excluding hydrogens is 256 g/mol. The molecule has 1 aromatic carbocycles. The fourth-order valence-corrected chi connectivity index (χ4v) is 1.75. The lowest BCUT2D eigenvalue weighted by Crippen LogP contribution is -2.39. The van der Waals surface area contributed by atoms with Crippen LogP contribution in [0.15, 0.2) is 24.3 Å². The Morgan fingerprint density at radius 2 is 1.80 bits per heavy atom. The Bertz CT molecular complexity index is 457. The molecule has 0 aliphatic heterocycles. The summed E-state index contributed by atoms with van der Waals surface area (Å²) in [4.78, 5) is 26.2. The largest absolute Gasteiger partial charge is 0.481 e. The van der Waals surface area contributed by atoms with Gasteiger partial charge in [0.2, 0.25) is 5.91 Å². The van der Waals surface area contributed by atoms with Crippen molar-refractivity contribution >= 4 is 17.6 Å². The summed E-state index contributed by atoms with van der Waals surface area (Å²) in [5.41, 5.74) is 2.00. The number of aliphatic carboxylic acids is 1. The van der Waals surface area contributed by atoms with Crippen molar-refractivity contribution in [3.05, 3.63) is 29.8 Å². The highest BCUT2D eigenvalue weighted by molar-refractivity contribution is 5.81. The Morgan fingerprint density at radius 3 is 2.30 bits per heavy atom. The predicted octanol–water partition coefficient (Wildman–Crippen LogP) is 1.75. The zero-order chi connectivity index (χ0) is 15.1. The Hall–Kier alpha value is -2.04. The van der Waals surface area contributed by atoms with E-state index in [0.29, 0.717) is 13.1 Å². The molecule has 110 valence electrons. The topological polar surface area (TPSA) is 60.9 Å². The molecule has 0 saturated carbocycles. The van der Waals surface area contributed by atoms with Gasteiger partial charge in [-0.3, -0.25) is 9.59 Å². The second kappa shape index (κ2) is 7.53. The van der Waals surface area contributed by atoms with Crippen LogP contribution in [-0.4, -0.2) is 48.6 Å². The van der Waals surface area contributed by atoms with Crippen molar-refractivity contribution in [1.29, 1.82) is 0 Å². The number of nitrogens with zero attached hydrogens (tertiary/aromatic N) is 2. The third kappa shape index (κ3) is 4.91. The highest BCUT2D eigenvalue weighted by Gasteiger charge is 2.15. The van der Waals surface area contributed by atoms with E-state index in [1.165, 1.54) is 0 Å². The van der Waals surface area contributed by atoms with Crippen LogP contribution in [0.4, 0.5) is 5.69 Å². The SMILES string of the molecule is CCN(C)C(=O)CN(CCC(=O)O)c1ccc(C)cc1. The van der Waals surface area contributed by atoms with E-state index in [0.717, 1.165) is 11.3 Å². The molecule has 0 radical (unpaired) electrons. The first-order valence-electron chi connectivity index (χ1n) is 6.71. The molecule has 0 unspecified atom stereocenters. The number of likely N-dealkylation sites (N-methyl/N-ethyl adjacent to an activating group) is 1. The van der Waals surface area contributed by atoms with Gasteiger partial charge in [-0.2, -0.15) is 0 Å². The Kier molecular flexibility index (Phi) is 6.03. The molecule has 0 aliphatic rings. The molecule has 0 aliphatic carbocycles. The van der Waals surface area contributed by atoms with Crippen LogP contribution in [-0.2, 0) is 9.59 Å². The zero-order valence-corrected chi connectivity index (χ0v) is 12.3. The van der Waals surface area contributed by atoms with Crippen LogP contribution in [0.3, 0.4) is 0 Å². The Morgan fingerprint density at radius 1 is 1.20 bits per heavy atom. The van der Waals surface area contributed by atoms with Gasteiger partial charge in [-0.05, 0) is 26.0 Å². The van der Waals surface area contributed by atoms with E-state index in [1.807, 2.05) is 43.0 Å². The molecule has 0 bridgehead atoms. The molecule has 5 nitrogen and oxygen atoms in total. The van der Waals surface area contributed by atoms with Gasteiger partial charge in [-0.1, -0.05) is 17.7 Å². The van der Waals surface area contributed by atoms with E-state index in [-0.39, 0.29) is 18.9 Å². The van der Waals surface area contributed by atoms with Crippen molar-refractivity contribution in [3.8, 4) is 0 Å². The van der Waals surface area contributed by atoms with Crippen LogP contribution in [0.2, 0.25) is 0 Å². The van der Waals surface area contributed by atoms with Crippen LogP contribution < -0.4 is 4.90 Å². The Labute approximate surface area is 119 Å². The summed E-state index contributed by atoms with van der Waals surface area (Å²) in [5.74, 6) is -0.878. The summed E-state index contributed by atoms with van der Waals surface area (Å²) in [6.45, 7) is 5.05. The highest BCUT2D eigenvalue weighted by atomic mass is 16.4. The maximum absolute atomic E-state index is 12.0. The van der Waals surface area contributed by atoms with Crippen molar-refractivity contribution in [3.63, 3.8) is 0 Å². The van der Waals surface area contributed by atoms with Gasteiger partial charge in [0, 0.05) is 25.8 Å². The number of aryl methyl sites for hydroxylation is 1. The average Bonchev–Trinajstić information content (AvgIpc) is 2.43. The van der Waals surface area contributed by atoms with Gasteiger partial charge in [0.25, 0.3) is 0 Å². The fraction of sp³-hybridized carbons (Fsp3) is 0.467. The number of hydrogen-bond donors (Lipinski definition) is 1. The summed E-state index contributed by atoms with van der Waals surface area (Å²) in [6.07, 6.45) is 0.0109. The number of carbonyl (C=O) groups is 2. The number of anilines is 1. The number of hydrogen-bond acceptors (Lipinski definition) is 3. The Balaban J connectivity index is 2.81. The second-order valence-electron chi connectivity index (χ2n) is 4.81. The number of rotatable bonds is 7. The smallest absolute Gasteiger partial charge is 0.305 e. The van der Waals surface area contributed by atoms with E-state index in [1.54, 1.807) is 11.9 Å². The molecule has 5 heteroatoms. The normalized spacial score (nSPS) is 10.2. The first-order valence-corrected chi connectivity index (χ1v) is 6.71. The van der Waals surface area contributed by atoms with E-state index in [9.17, 15) is 9.59 Å². The molecule has 20 heavy (non-hydrogen) atoms. The second-order valence-corrected chi connectivity index (χ2v) is 4.81. The van der Waals surface area contributed by atoms with Crippen LogP contribution >= 0.6 is 0 Å². The standard InChI is InChI=1S/C15H22N2O3/c1-4-16(3)14(18)11-17(10-9-15(19)20)13-7-5-12(2)6-8-13/h5-8H,4,9-11H2,1-3H3,(H,19,20). The first-order chi connectivity index (χ1) is 9.43. The van der Waals surface area contributed by atoms with Gasteiger partial charge in [0.15, 0.2) is 0 Å². The lowest BCUT2D eigenvalue weighted by atomic mass is 10.2. The lowest BCUT2D eigenvalue weighted by Gasteiger charge is -2.26. The number of carbonyl (C=O) groups excluding carboxylic acids is 1. The minimum absolute atomic E-state index is 0.0109. The monoisotopic (exact) mass is 278 g/mol. The van der Waals surface area contributed by atoms with Gasteiger partial charge in [-0.15, -0.1) is 0 Å². The number of carboxylic acids is 1. The summed E-state index contributed by atoms with van der Waals surface area (Å²) < 4.78 is 0. The van der Waals surface area contributed by atoms with Gasteiger partial charge in [0.1, 0.15) is 0 Å². The minimum atomic E-state index is -0.863. The number of carboxylic acid groups (broad SMARTS) is 1. The minimum Gasteiger partial charge on any atom is -0.481 e. The summed E-state index contributed by atoms with van der Waals surface area (Å²) in [5, 5.41) is 8.82. The summed E-state index contributed by atoms with van der Waals surface area (Å²) >= 11 is 0. The van der Waals surface area contributed by atoms with Crippen molar-refractivity contribution in [2.45, 2.75) is 20.3 Å². The van der Waals surface area contributed by atoms with Crippen molar-refractivity contribution in [2.75, 3.05) is 31.6 Å². The number of amides is 1. The van der Waals surface area contributed by atoms with Crippen LogP contribution in [0.5, 0.6) is 0 Å². The molecule has 0 saturated heterocycles. The van der Waals surface area contributed by atoms with E-state index >= 15 is 0 Å². The molecule has 0 aromatic heterocycles. The molecular formula is C15H22N2O3. The molecule has 1 rings (SSSR count). The maximum atomic E-state index is 12.0. The third-order valence-corrected chi connectivity index (χ3v) is 3.22. The van der Waals surface area contributed by atoms with Gasteiger partial charge in [-0.25, -0.2) is 0 Å². The van der Waals surface area contributed by atoms with Gasteiger partial charge >= 0.3 is 5.97 Å². The lowest BCUT2D eigenvalue weighted by molar-refractivity contribution is -0.137. The fourth-order valence-electron chi connectivity index (χ4n) is 1.75. The molecule has 0 heterocycles. The average molecular weight is 278 g/mol. The predicted molar refractivity (Wildman–Crippen MR) is 79.0 cm³/mol.